The summed E-state index contributed by atoms with van der Waals surface area (Å²) < 4.78 is 0. The second kappa shape index (κ2) is 5.63. The Labute approximate surface area is 74.2 Å². The van der Waals surface area contributed by atoms with E-state index in [2.05, 4.69) is 31.1 Å². The maximum atomic E-state index is 11.0. The van der Waals surface area contributed by atoms with Crippen molar-refractivity contribution in [1.82, 2.24) is 10.6 Å². The van der Waals surface area contributed by atoms with Gasteiger partial charge in [-0.3, -0.25) is 0 Å². The molecule has 3 heteroatoms. The number of hydrogen-bond acceptors (Lipinski definition) is 1. The molecule has 0 saturated heterocycles. The molecule has 0 atom stereocenters. The lowest BCUT2D eigenvalue weighted by atomic mass is 10.1. The van der Waals surface area contributed by atoms with E-state index >= 15 is 0 Å². The smallest absolute Gasteiger partial charge is 0.318 e. The van der Waals surface area contributed by atoms with Gasteiger partial charge in [-0.1, -0.05) is 20.4 Å². The summed E-state index contributed by atoms with van der Waals surface area (Å²) >= 11 is 0. The molecule has 3 nitrogen and oxygen atoms in total. The SMILES string of the molecule is C=C(C)NC(=O)NCCC(C)C. The van der Waals surface area contributed by atoms with E-state index < -0.39 is 0 Å². The molecule has 70 valence electrons. The highest BCUT2D eigenvalue weighted by Gasteiger charge is 1.98. The van der Waals surface area contributed by atoms with E-state index in [1.807, 2.05) is 0 Å². The van der Waals surface area contributed by atoms with Gasteiger partial charge < -0.3 is 10.6 Å². The minimum Gasteiger partial charge on any atom is -0.338 e. The number of urea groups is 1. The molecular formula is C9H18N2O. The molecule has 2 amide bonds. The molecule has 0 aliphatic carbocycles. The van der Waals surface area contributed by atoms with Crippen molar-refractivity contribution in [3.63, 3.8) is 0 Å². The molecule has 12 heavy (non-hydrogen) atoms. The summed E-state index contributed by atoms with van der Waals surface area (Å²) in [5.74, 6) is 0.620. The molecule has 0 aromatic rings. The van der Waals surface area contributed by atoms with E-state index in [0.29, 0.717) is 11.6 Å². The van der Waals surface area contributed by atoms with Crippen LogP contribution in [0.15, 0.2) is 12.3 Å². The third-order valence-corrected chi connectivity index (χ3v) is 1.33. The maximum Gasteiger partial charge on any atom is 0.318 e. The number of carbonyl (C=O) groups excluding carboxylic acids is 1. The van der Waals surface area contributed by atoms with Crippen molar-refractivity contribution >= 4 is 6.03 Å². The van der Waals surface area contributed by atoms with Gasteiger partial charge in [-0.25, -0.2) is 4.79 Å². The number of nitrogens with one attached hydrogen (secondary N) is 2. The lowest BCUT2D eigenvalue weighted by Crippen LogP contribution is -2.34. The Balaban J connectivity index is 3.38. The van der Waals surface area contributed by atoms with Crippen molar-refractivity contribution in [2.45, 2.75) is 27.2 Å². The second-order valence-corrected chi connectivity index (χ2v) is 3.34. The van der Waals surface area contributed by atoms with Crippen LogP contribution in [0.5, 0.6) is 0 Å². The predicted molar refractivity (Wildman–Crippen MR) is 50.8 cm³/mol. The molecule has 0 aromatic heterocycles. The van der Waals surface area contributed by atoms with Gasteiger partial charge in [-0.15, -0.1) is 0 Å². The predicted octanol–water partition coefficient (Wildman–Crippen LogP) is 1.87. The molecule has 0 spiro atoms. The van der Waals surface area contributed by atoms with E-state index in [1.165, 1.54) is 0 Å². The summed E-state index contributed by atoms with van der Waals surface area (Å²) in [6.45, 7) is 10.3. The van der Waals surface area contributed by atoms with Crippen LogP contribution in [0.1, 0.15) is 27.2 Å². The maximum absolute atomic E-state index is 11.0. The van der Waals surface area contributed by atoms with Crippen molar-refractivity contribution in [2.24, 2.45) is 5.92 Å². The summed E-state index contributed by atoms with van der Waals surface area (Å²) in [6, 6.07) is -0.164. The zero-order chi connectivity index (χ0) is 9.56. The monoisotopic (exact) mass is 170 g/mol. The summed E-state index contributed by atoms with van der Waals surface area (Å²) in [4.78, 5) is 11.0. The minimum absolute atomic E-state index is 0.164. The number of allylic oxidation sites excluding steroid dienone is 1. The Kier molecular flexibility index (Phi) is 5.17. The Morgan fingerprint density at radius 1 is 1.50 bits per heavy atom. The molecule has 0 unspecified atom stereocenters. The molecule has 0 saturated carbocycles. The van der Waals surface area contributed by atoms with Gasteiger partial charge in [0.25, 0.3) is 0 Å². The first kappa shape index (κ1) is 11.0. The van der Waals surface area contributed by atoms with Crippen molar-refractivity contribution in [3.05, 3.63) is 12.3 Å². The lowest BCUT2D eigenvalue weighted by molar-refractivity contribution is 0.243. The van der Waals surface area contributed by atoms with Gasteiger partial charge in [0.05, 0.1) is 0 Å². The quantitative estimate of drug-likeness (QED) is 0.664. The number of carbonyl (C=O) groups is 1. The summed E-state index contributed by atoms with van der Waals surface area (Å²) in [5.41, 5.74) is 0.664. The van der Waals surface area contributed by atoms with Crippen molar-refractivity contribution in [2.75, 3.05) is 6.54 Å². The Morgan fingerprint density at radius 2 is 2.08 bits per heavy atom. The molecule has 0 bridgehead atoms. The fourth-order valence-corrected chi connectivity index (χ4v) is 0.712. The molecule has 0 aliphatic rings. The summed E-state index contributed by atoms with van der Waals surface area (Å²) in [7, 11) is 0. The van der Waals surface area contributed by atoms with Crippen LogP contribution in [-0.4, -0.2) is 12.6 Å². The van der Waals surface area contributed by atoms with E-state index in [1.54, 1.807) is 6.92 Å². The molecule has 0 fully saturated rings. The van der Waals surface area contributed by atoms with Crippen molar-refractivity contribution in [1.29, 1.82) is 0 Å². The van der Waals surface area contributed by atoms with E-state index in [0.717, 1.165) is 13.0 Å². The van der Waals surface area contributed by atoms with Gasteiger partial charge in [0, 0.05) is 12.2 Å². The van der Waals surface area contributed by atoms with Crippen LogP contribution >= 0.6 is 0 Å². The highest BCUT2D eigenvalue weighted by Crippen LogP contribution is 1.95. The average Bonchev–Trinajstić information content (AvgIpc) is 1.84. The average molecular weight is 170 g/mol. The van der Waals surface area contributed by atoms with Gasteiger partial charge in [-0.05, 0) is 19.3 Å². The van der Waals surface area contributed by atoms with Crippen LogP contribution in [-0.2, 0) is 0 Å². The fraction of sp³-hybridized carbons (Fsp3) is 0.667. The molecular weight excluding hydrogens is 152 g/mol. The van der Waals surface area contributed by atoms with Gasteiger partial charge in [-0.2, -0.15) is 0 Å². The third-order valence-electron chi connectivity index (χ3n) is 1.33. The summed E-state index contributed by atoms with van der Waals surface area (Å²) in [5, 5.41) is 5.31. The van der Waals surface area contributed by atoms with Crippen LogP contribution < -0.4 is 10.6 Å². The molecule has 0 radical (unpaired) electrons. The largest absolute Gasteiger partial charge is 0.338 e. The zero-order valence-corrected chi connectivity index (χ0v) is 8.11. The first-order valence-corrected chi connectivity index (χ1v) is 4.22. The van der Waals surface area contributed by atoms with E-state index in [-0.39, 0.29) is 6.03 Å². The van der Waals surface area contributed by atoms with Crippen LogP contribution in [0.2, 0.25) is 0 Å². The van der Waals surface area contributed by atoms with Crippen LogP contribution in [0.4, 0.5) is 4.79 Å². The number of rotatable bonds is 4. The standard InChI is InChI=1S/C9H18N2O/c1-7(2)5-6-10-9(12)11-8(3)4/h7H,3,5-6H2,1-2,4H3,(H2,10,11,12). The normalized spacial score (nSPS) is 9.67. The van der Waals surface area contributed by atoms with Crippen LogP contribution in [0, 0.1) is 5.92 Å². The van der Waals surface area contributed by atoms with Crippen LogP contribution in [0.25, 0.3) is 0 Å². The zero-order valence-electron chi connectivity index (χ0n) is 8.11. The van der Waals surface area contributed by atoms with Crippen molar-refractivity contribution < 1.29 is 4.79 Å². The lowest BCUT2D eigenvalue weighted by Gasteiger charge is -2.07. The Bertz CT molecular complexity index is 164. The molecule has 0 heterocycles. The van der Waals surface area contributed by atoms with Gasteiger partial charge >= 0.3 is 6.03 Å². The first-order chi connectivity index (χ1) is 5.52. The molecule has 0 aromatic carbocycles. The van der Waals surface area contributed by atoms with E-state index in [9.17, 15) is 4.79 Å². The third kappa shape index (κ3) is 7.12. The van der Waals surface area contributed by atoms with Crippen LogP contribution in [0.3, 0.4) is 0 Å². The van der Waals surface area contributed by atoms with E-state index in [4.69, 9.17) is 0 Å². The molecule has 0 rings (SSSR count). The van der Waals surface area contributed by atoms with Gasteiger partial charge in [0.15, 0.2) is 0 Å². The Hall–Kier alpha value is -0.990. The number of amides is 2. The Morgan fingerprint density at radius 3 is 2.50 bits per heavy atom. The first-order valence-electron chi connectivity index (χ1n) is 4.22. The van der Waals surface area contributed by atoms with Gasteiger partial charge in [0.1, 0.15) is 0 Å². The molecule has 0 aliphatic heterocycles. The fourth-order valence-electron chi connectivity index (χ4n) is 0.712. The topological polar surface area (TPSA) is 41.1 Å². The molecule has 2 N–H and O–H groups in total. The highest BCUT2D eigenvalue weighted by atomic mass is 16.2. The van der Waals surface area contributed by atoms with Crippen molar-refractivity contribution in [3.8, 4) is 0 Å². The van der Waals surface area contributed by atoms with Gasteiger partial charge in [0.2, 0.25) is 0 Å². The minimum atomic E-state index is -0.164. The highest BCUT2D eigenvalue weighted by molar-refractivity contribution is 5.75. The summed E-state index contributed by atoms with van der Waals surface area (Å²) in [6.07, 6.45) is 1.00. The number of hydrogen-bond donors (Lipinski definition) is 2. The second-order valence-electron chi connectivity index (χ2n) is 3.34.